The number of hydrogen-bond donors (Lipinski definition) is 0. The van der Waals surface area contributed by atoms with Crippen molar-refractivity contribution in [2.75, 3.05) is 13.7 Å². The monoisotopic (exact) mass is 273 g/mol. The van der Waals surface area contributed by atoms with Gasteiger partial charge >= 0.3 is 0 Å². The van der Waals surface area contributed by atoms with E-state index >= 15 is 0 Å². The van der Waals surface area contributed by atoms with Crippen molar-refractivity contribution < 1.29 is 14.4 Å². The Bertz CT molecular complexity index is 434. The molecule has 0 saturated carbocycles. The van der Waals surface area contributed by atoms with E-state index in [-0.39, 0.29) is 11.3 Å². The molecular weight excluding hydrogens is 258 g/mol. The predicted molar refractivity (Wildman–Crippen MR) is 69.3 cm³/mol. The molecule has 0 fully saturated rings. The molecule has 0 unspecified atom stereocenters. The SMILES string of the molecule is COC(C)(C)CCOc1cc([N+](=O)[O-])ccc1Cl. The summed E-state index contributed by atoms with van der Waals surface area (Å²) < 4.78 is 10.7. The van der Waals surface area contributed by atoms with Crippen molar-refractivity contribution >= 4 is 17.3 Å². The number of nitro groups is 1. The van der Waals surface area contributed by atoms with Crippen LogP contribution in [0, 0.1) is 10.1 Å². The number of halogens is 1. The van der Waals surface area contributed by atoms with Crippen LogP contribution >= 0.6 is 11.6 Å². The standard InChI is InChI=1S/C12H16ClNO4/c1-12(2,17-3)6-7-18-11-8-9(14(15)16)4-5-10(11)13/h4-5,8H,6-7H2,1-3H3. The summed E-state index contributed by atoms with van der Waals surface area (Å²) in [4.78, 5) is 10.1. The van der Waals surface area contributed by atoms with Crippen LogP contribution in [0.4, 0.5) is 5.69 Å². The summed E-state index contributed by atoms with van der Waals surface area (Å²) in [6.45, 7) is 4.25. The molecule has 0 heterocycles. The maximum Gasteiger partial charge on any atom is 0.273 e. The van der Waals surface area contributed by atoms with Crippen LogP contribution in [0.25, 0.3) is 0 Å². The molecule has 100 valence electrons. The van der Waals surface area contributed by atoms with E-state index in [1.54, 1.807) is 7.11 Å². The highest BCUT2D eigenvalue weighted by Crippen LogP contribution is 2.29. The minimum atomic E-state index is -0.484. The molecule has 0 radical (unpaired) electrons. The summed E-state index contributed by atoms with van der Waals surface area (Å²) >= 11 is 5.91. The fourth-order valence-corrected chi connectivity index (χ4v) is 1.40. The van der Waals surface area contributed by atoms with Gasteiger partial charge in [0, 0.05) is 19.6 Å². The first kappa shape index (κ1) is 14.7. The lowest BCUT2D eigenvalue weighted by Gasteiger charge is -2.22. The van der Waals surface area contributed by atoms with Gasteiger partial charge in [0.1, 0.15) is 5.75 Å². The zero-order chi connectivity index (χ0) is 13.8. The van der Waals surface area contributed by atoms with E-state index < -0.39 is 4.92 Å². The second kappa shape index (κ2) is 6.02. The summed E-state index contributed by atoms with van der Waals surface area (Å²) in [5.74, 6) is 0.317. The molecule has 0 saturated heterocycles. The molecule has 0 amide bonds. The zero-order valence-corrected chi connectivity index (χ0v) is 11.4. The Kier molecular flexibility index (Phi) is 4.93. The minimum Gasteiger partial charge on any atom is -0.492 e. The number of benzene rings is 1. The van der Waals surface area contributed by atoms with Gasteiger partial charge < -0.3 is 9.47 Å². The van der Waals surface area contributed by atoms with Crippen LogP contribution in [-0.2, 0) is 4.74 Å². The van der Waals surface area contributed by atoms with Crippen LogP contribution in [0.15, 0.2) is 18.2 Å². The lowest BCUT2D eigenvalue weighted by molar-refractivity contribution is -0.384. The minimum absolute atomic E-state index is 0.0413. The van der Waals surface area contributed by atoms with Crippen LogP contribution in [0.1, 0.15) is 20.3 Å². The van der Waals surface area contributed by atoms with Crippen molar-refractivity contribution in [3.63, 3.8) is 0 Å². The summed E-state index contributed by atoms with van der Waals surface area (Å²) in [5, 5.41) is 11.0. The van der Waals surface area contributed by atoms with Crippen LogP contribution in [0.5, 0.6) is 5.75 Å². The van der Waals surface area contributed by atoms with Crippen LogP contribution < -0.4 is 4.74 Å². The molecule has 1 aromatic rings. The van der Waals surface area contributed by atoms with Gasteiger partial charge in [-0.15, -0.1) is 0 Å². The summed E-state index contributed by atoms with van der Waals surface area (Å²) in [6.07, 6.45) is 0.655. The molecule has 0 aliphatic carbocycles. The largest absolute Gasteiger partial charge is 0.492 e. The quantitative estimate of drug-likeness (QED) is 0.588. The van der Waals surface area contributed by atoms with Gasteiger partial charge in [0.15, 0.2) is 0 Å². The Balaban J connectivity index is 2.67. The fraction of sp³-hybridized carbons (Fsp3) is 0.500. The molecule has 18 heavy (non-hydrogen) atoms. The average molecular weight is 274 g/mol. The number of rotatable bonds is 6. The van der Waals surface area contributed by atoms with E-state index in [1.807, 2.05) is 13.8 Å². The third-order valence-electron chi connectivity index (χ3n) is 2.64. The molecule has 0 bridgehead atoms. The molecular formula is C12H16ClNO4. The number of hydrogen-bond acceptors (Lipinski definition) is 4. The van der Waals surface area contributed by atoms with Crippen molar-refractivity contribution in [2.24, 2.45) is 0 Å². The second-order valence-electron chi connectivity index (χ2n) is 4.43. The molecule has 1 aromatic carbocycles. The van der Waals surface area contributed by atoms with Crippen LogP contribution in [0.2, 0.25) is 5.02 Å². The Morgan fingerprint density at radius 3 is 2.67 bits per heavy atom. The third kappa shape index (κ3) is 4.16. The van der Waals surface area contributed by atoms with Gasteiger partial charge in [0.2, 0.25) is 0 Å². The highest BCUT2D eigenvalue weighted by molar-refractivity contribution is 6.32. The van der Waals surface area contributed by atoms with Gasteiger partial charge in [-0.25, -0.2) is 0 Å². The lowest BCUT2D eigenvalue weighted by atomic mass is 10.1. The van der Waals surface area contributed by atoms with Gasteiger partial charge in [-0.05, 0) is 19.9 Å². The van der Waals surface area contributed by atoms with Gasteiger partial charge in [0.25, 0.3) is 5.69 Å². The first-order valence-electron chi connectivity index (χ1n) is 5.47. The number of non-ortho nitro benzene ring substituents is 1. The number of ether oxygens (including phenoxy) is 2. The maximum atomic E-state index is 10.6. The highest BCUT2D eigenvalue weighted by atomic mass is 35.5. The Labute approximate surface area is 111 Å². The number of nitrogens with zero attached hydrogens (tertiary/aromatic N) is 1. The zero-order valence-electron chi connectivity index (χ0n) is 10.6. The third-order valence-corrected chi connectivity index (χ3v) is 2.95. The first-order chi connectivity index (χ1) is 8.35. The van der Waals surface area contributed by atoms with E-state index in [0.717, 1.165) is 0 Å². The van der Waals surface area contributed by atoms with E-state index in [1.165, 1.54) is 18.2 Å². The number of methoxy groups -OCH3 is 1. The molecule has 5 nitrogen and oxygen atoms in total. The summed E-state index contributed by atoms with van der Waals surface area (Å²) in [6, 6.07) is 4.12. The van der Waals surface area contributed by atoms with E-state index in [2.05, 4.69) is 0 Å². The van der Waals surface area contributed by atoms with Gasteiger partial charge in [-0.3, -0.25) is 10.1 Å². The molecule has 0 aliphatic rings. The molecule has 6 heteroatoms. The van der Waals surface area contributed by atoms with Crippen LogP contribution in [-0.4, -0.2) is 24.2 Å². The molecule has 0 atom stereocenters. The van der Waals surface area contributed by atoms with Crippen molar-refractivity contribution in [2.45, 2.75) is 25.9 Å². The van der Waals surface area contributed by atoms with E-state index in [9.17, 15) is 10.1 Å². The fourth-order valence-electron chi connectivity index (χ4n) is 1.23. The van der Waals surface area contributed by atoms with Crippen molar-refractivity contribution in [1.29, 1.82) is 0 Å². The topological polar surface area (TPSA) is 61.6 Å². The summed E-state index contributed by atoms with van der Waals surface area (Å²) in [7, 11) is 1.63. The lowest BCUT2D eigenvalue weighted by Crippen LogP contribution is -2.25. The first-order valence-corrected chi connectivity index (χ1v) is 5.85. The smallest absolute Gasteiger partial charge is 0.273 e. The second-order valence-corrected chi connectivity index (χ2v) is 4.84. The van der Waals surface area contributed by atoms with Crippen molar-refractivity contribution in [3.05, 3.63) is 33.3 Å². The van der Waals surface area contributed by atoms with E-state index in [4.69, 9.17) is 21.1 Å². The normalized spacial score (nSPS) is 11.3. The van der Waals surface area contributed by atoms with E-state index in [0.29, 0.717) is 23.8 Å². The van der Waals surface area contributed by atoms with Crippen molar-refractivity contribution in [3.8, 4) is 5.75 Å². The van der Waals surface area contributed by atoms with Crippen molar-refractivity contribution in [1.82, 2.24) is 0 Å². The molecule has 0 aliphatic heterocycles. The maximum absolute atomic E-state index is 10.6. The average Bonchev–Trinajstić information content (AvgIpc) is 2.31. The Hall–Kier alpha value is -1.33. The molecule has 0 spiro atoms. The van der Waals surface area contributed by atoms with Crippen LogP contribution in [0.3, 0.4) is 0 Å². The Morgan fingerprint density at radius 1 is 1.44 bits per heavy atom. The summed E-state index contributed by atoms with van der Waals surface area (Å²) in [5.41, 5.74) is -0.340. The Morgan fingerprint density at radius 2 is 2.11 bits per heavy atom. The molecule has 1 rings (SSSR count). The van der Waals surface area contributed by atoms with Gasteiger partial charge in [-0.1, -0.05) is 11.6 Å². The highest BCUT2D eigenvalue weighted by Gasteiger charge is 2.17. The number of nitro benzene ring substituents is 1. The predicted octanol–water partition coefficient (Wildman–Crippen LogP) is 3.44. The van der Waals surface area contributed by atoms with Gasteiger partial charge in [0.05, 0.1) is 28.2 Å². The van der Waals surface area contributed by atoms with Gasteiger partial charge in [-0.2, -0.15) is 0 Å². The molecule has 0 N–H and O–H groups in total. The molecule has 0 aromatic heterocycles.